The van der Waals surface area contributed by atoms with Crippen LogP contribution in [0.5, 0.6) is 5.75 Å². The Morgan fingerprint density at radius 1 is 1.26 bits per heavy atom. The van der Waals surface area contributed by atoms with Crippen molar-refractivity contribution in [2.24, 2.45) is 0 Å². The topological polar surface area (TPSA) is 37.9 Å². The Labute approximate surface area is 112 Å². The van der Waals surface area contributed by atoms with E-state index < -0.39 is 6.36 Å². The summed E-state index contributed by atoms with van der Waals surface area (Å²) in [6.45, 7) is 1.67. The van der Waals surface area contributed by atoms with Crippen molar-refractivity contribution in [3.8, 4) is 17.0 Å². The van der Waals surface area contributed by atoms with E-state index in [1.807, 2.05) is 0 Å². The summed E-state index contributed by atoms with van der Waals surface area (Å²) in [4.78, 5) is 6.83. The molecule has 1 N–H and O–H groups in total. The van der Waals surface area contributed by atoms with E-state index in [4.69, 9.17) is 12.2 Å². The molecule has 2 aromatic rings. The zero-order valence-electron chi connectivity index (χ0n) is 9.78. The SMILES string of the molecule is Cc1nc(=S)cc(-c2ccccc2OC(F)(F)F)[nH]1. The van der Waals surface area contributed by atoms with Gasteiger partial charge in [-0.05, 0) is 25.1 Å². The van der Waals surface area contributed by atoms with E-state index in [2.05, 4.69) is 14.7 Å². The van der Waals surface area contributed by atoms with Crippen molar-refractivity contribution < 1.29 is 17.9 Å². The summed E-state index contributed by atoms with van der Waals surface area (Å²) < 4.78 is 41.3. The third kappa shape index (κ3) is 3.54. The summed E-state index contributed by atoms with van der Waals surface area (Å²) >= 11 is 4.95. The number of hydrogen-bond acceptors (Lipinski definition) is 3. The van der Waals surface area contributed by atoms with Crippen LogP contribution in [-0.4, -0.2) is 16.3 Å². The third-order valence-corrected chi connectivity index (χ3v) is 2.47. The molecule has 0 saturated heterocycles. The summed E-state index contributed by atoms with van der Waals surface area (Å²) in [5.74, 6) is 0.232. The molecule has 1 aromatic heterocycles. The molecule has 0 fully saturated rings. The molecule has 0 bridgehead atoms. The predicted octanol–water partition coefficient (Wildman–Crippen LogP) is 4.01. The van der Waals surface area contributed by atoms with Gasteiger partial charge < -0.3 is 9.72 Å². The Balaban J connectivity index is 2.53. The van der Waals surface area contributed by atoms with E-state index in [9.17, 15) is 13.2 Å². The Morgan fingerprint density at radius 3 is 2.58 bits per heavy atom. The number of aromatic amines is 1. The van der Waals surface area contributed by atoms with Crippen LogP contribution in [0.1, 0.15) is 5.82 Å². The minimum atomic E-state index is -4.74. The van der Waals surface area contributed by atoms with Crippen LogP contribution >= 0.6 is 12.2 Å². The maximum Gasteiger partial charge on any atom is 0.573 e. The second-order valence-electron chi connectivity index (χ2n) is 3.76. The summed E-state index contributed by atoms with van der Waals surface area (Å²) in [7, 11) is 0. The van der Waals surface area contributed by atoms with Crippen LogP contribution in [0.4, 0.5) is 13.2 Å². The first-order valence-corrected chi connectivity index (χ1v) is 5.69. The van der Waals surface area contributed by atoms with E-state index in [0.717, 1.165) is 0 Å². The lowest BCUT2D eigenvalue weighted by molar-refractivity contribution is -0.274. The Bertz CT molecular complexity index is 652. The first-order valence-electron chi connectivity index (χ1n) is 5.28. The monoisotopic (exact) mass is 286 g/mol. The predicted molar refractivity (Wildman–Crippen MR) is 66.3 cm³/mol. The highest BCUT2D eigenvalue weighted by molar-refractivity contribution is 7.71. The molecule has 3 nitrogen and oxygen atoms in total. The Hall–Kier alpha value is -1.89. The van der Waals surface area contributed by atoms with Gasteiger partial charge in [-0.3, -0.25) is 0 Å². The van der Waals surface area contributed by atoms with Gasteiger partial charge in [0.2, 0.25) is 0 Å². The molecule has 0 spiro atoms. The number of nitrogens with one attached hydrogen (secondary N) is 1. The molecule has 1 heterocycles. The first-order chi connectivity index (χ1) is 8.85. The van der Waals surface area contributed by atoms with E-state index in [1.54, 1.807) is 13.0 Å². The van der Waals surface area contributed by atoms with Crippen LogP contribution in [0.2, 0.25) is 0 Å². The van der Waals surface area contributed by atoms with E-state index in [-0.39, 0.29) is 11.3 Å². The first kappa shape index (κ1) is 13.5. The molecule has 0 saturated carbocycles. The van der Waals surface area contributed by atoms with Crippen LogP contribution in [0.3, 0.4) is 0 Å². The highest BCUT2D eigenvalue weighted by Gasteiger charge is 2.32. The average Bonchev–Trinajstić information content (AvgIpc) is 2.26. The lowest BCUT2D eigenvalue weighted by Gasteiger charge is -2.13. The summed E-state index contributed by atoms with van der Waals surface area (Å²) in [6, 6.07) is 7.33. The molecular weight excluding hydrogens is 277 g/mol. The molecule has 0 aliphatic carbocycles. The fourth-order valence-electron chi connectivity index (χ4n) is 1.63. The van der Waals surface area contributed by atoms with Gasteiger partial charge in [0.05, 0.1) is 5.69 Å². The van der Waals surface area contributed by atoms with Crippen LogP contribution in [-0.2, 0) is 0 Å². The fourth-order valence-corrected chi connectivity index (χ4v) is 1.88. The van der Waals surface area contributed by atoms with Crippen molar-refractivity contribution in [2.75, 3.05) is 0 Å². The van der Waals surface area contributed by atoms with E-state index in [0.29, 0.717) is 16.2 Å². The molecule has 2 rings (SSSR count). The lowest BCUT2D eigenvalue weighted by Crippen LogP contribution is -2.17. The Morgan fingerprint density at radius 2 is 1.95 bits per heavy atom. The minimum absolute atomic E-state index is 0.274. The van der Waals surface area contributed by atoms with E-state index in [1.165, 1.54) is 24.3 Å². The maximum atomic E-state index is 12.3. The number of ether oxygens (including phenoxy) is 1. The zero-order chi connectivity index (χ0) is 14.0. The molecule has 19 heavy (non-hydrogen) atoms. The summed E-state index contributed by atoms with van der Waals surface area (Å²) in [5, 5.41) is 0. The van der Waals surface area contributed by atoms with Gasteiger partial charge in [-0.2, -0.15) is 0 Å². The van der Waals surface area contributed by atoms with Crippen LogP contribution in [0, 0.1) is 11.6 Å². The number of alkyl halides is 3. The second-order valence-corrected chi connectivity index (χ2v) is 4.18. The van der Waals surface area contributed by atoms with Gasteiger partial charge in [0, 0.05) is 5.56 Å². The number of nitrogens with zero attached hydrogens (tertiary/aromatic N) is 1. The molecule has 0 amide bonds. The van der Waals surface area contributed by atoms with Gasteiger partial charge in [0.1, 0.15) is 16.2 Å². The quantitative estimate of drug-likeness (QED) is 0.847. The van der Waals surface area contributed by atoms with Gasteiger partial charge >= 0.3 is 6.36 Å². The third-order valence-electron chi connectivity index (χ3n) is 2.26. The normalized spacial score (nSPS) is 11.4. The van der Waals surface area contributed by atoms with Gasteiger partial charge in [-0.15, -0.1) is 13.2 Å². The van der Waals surface area contributed by atoms with Gasteiger partial charge in [0.15, 0.2) is 0 Å². The van der Waals surface area contributed by atoms with Gasteiger partial charge in [-0.25, -0.2) is 4.98 Å². The van der Waals surface area contributed by atoms with Crippen molar-refractivity contribution in [1.29, 1.82) is 0 Å². The molecular formula is C12H9F3N2OS. The highest BCUT2D eigenvalue weighted by Crippen LogP contribution is 2.32. The number of H-pyrrole nitrogens is 1. The molecule has 7 heteroatoms. The molecule has 0 unspecified atom stereocenters. The molecule has 0 atom stereocenters. The number of benzene rings is 1. The van der Waals surface area contributed by atoms with Crippen molar-refractivity contribution >= 4 is 12.2 Å². The van der Waals surface area contributed by atoms with Crippen molar-refractivity contribution in [3.63, 3.8) is 0 Å². The molecule has 0 aliphatic heterocycles. The van der Waals surface area contributed by atoms with Crippen LogP contribution in [0.15, 0.2) is 30.3 Å². The number of halogens is 3. The van der Waals surface area contributed by atoms with Crippen LogP contribution in [0.25, 0.3) is 11.3 Å². The number of aromatic nitrogens is 2. The van der Waals surface area contributed by atoms with Crippen molar-refractivity contribution in [3.05, 3.63) is 40.8 Å². The van der Waals surface area contributed by atoms with Gasteiger partial charge in [-0.1, -0.05) is 24.4 Å². The number of para-hydroxylation sites is 1. The fraction of sp³-hybridized carbons (Fsp3) is 0.167. The smallest absolute Gasteiger partial charge is 0.405 e. The van der Waals surface area contributed by atoms with Gasteiger partial charge in [0.25, 0.3) is 0 Å². The largest absolute Gasteiger partial charge is 0.573 e. The molecule has 0 radical (unpaired) electrons. The maximum absolute atomic E-state index is 12.3. The summed E-state index contributed by atoms with van der Waals surface area (Å²) in [5.41, 5.74) is 0.703. The molecule has 1 aromatic carbocycles. The van der Waals surface area contributed by atoms with Crippen molar-refractivity contribution in [2.45, 2.75) is 13.3 Å². The summed E-state index contributed by atoms with van der Waals surface area (Å²) in [6.07, 6.45) is -4.74. The number of rotatable bonds is 2. The van der Waals surface area contributed by atoms with E-state index >= 15 is 0 Å². The minimum Gasteiger partial charge on any atom is -0.405 e. The number of hydrogen-bond donors (Lipinski definition) is 1. The lowest BCUT2D eigenvalue weighted by atomic mass is 10.1. The Kier molecular flexibility index (Phi) is 3.57. The number of aryl methyl sites for hydroxylation is 1. The highest BCUT2D eigenvalue weighted by atomic mass is 32.1. The second kappa shape index (κ2) is 5.00. The van der Waals surface area contributed by atoms with Crippen molar-refractivity contribution in [1.82, 2.24) is 9.97 Å². The van der Waals surface area contributed by atoms with Crippen LogP contribution < -0.4 is 4.74 Å². The zero-order valence-corrected chi connectivity index (χ0v) is 10.6. The molecule has 100 valence electrons. The molecule has 0 aliphatic rings. The standard InChI is InChI=1S/C12H9F3N2OS/c1-7-16-9(6-11(19)17-7)8-4-2-3-5-10(8)18-12(13,14)15/h2-6H,1H3,(H,16,17,19). The average molecular weight is 286 g/mol.